The fourth-order valence-electron chi connectivity index (χ4n) is 2.60. The first-order valence-electron chi connectivity index (χ1n) is 6.61. The topological polar surface area (TPSA) is 59.2 Å². The highest BCUT2D eigenvalue weighted by Gasteiger charge is 2.24. The number of carbonyl (C=O) groups is 1. The third-order valence-electron chi connectivity index (χ3n) is 3.67. The van der Waals surface area contributed by atoms with E-state index in [1.54, 1.807) is 6.20 Å². The van der Waals surface area contributed by atoms with Crippen molar-refractivity contribution in [2.75, 3.05) is 18.8 Å². The van der Waals surface area contributed by atoms with Crippen molar-refractivity contribution in [2.45, 2.75) is 26.2 Å². The molecule has 5 heteroatoms. The Hall–Kier alpha value is -1.62. The molecule has 2 N–H and O–H groups in total. The van der Waals surface area contributed by atoms with Crippen molar-refractivity contribution < 1.29 is 4.79 Å². The molecular weight excluding hydrogens is 258 g/mol. The monoisotopic (exact) mass is 275 g/mol. The highest BCUT2D eigenvalue weighted by molar-refractivity contribution is 7.21. The van der Waals surface area contributed by atoms with Crippen molar-refractivity contribution in [3.8, 4) is 0 Å². The predicted octanol–water partition coefficient (Wildman–Crippen LogP) is 2.81. The molecule has 100 valence electrons. The fourth-order valence-corrected chi connectivity index (χ4v) is 3.71. The number of aryl methyl sites for hydroxylation is 1. The molecule has 19 heavy (non-hydrogen) atoms. The second-order valence-electron chi connectivity index (χ2n) is 5.01. The quantitative estimate of drug-likeness (QED) is 0.870. The summed E-state index contributed by atoms with van der Waals surface area (Å²) >= 11 is 1.41. The number of piperidine rings is 1. The molecule has 0 atom stereocenters. The van der Waals surface area contributed by atoms with Crippen LogP contribution in [-0.4, -0.2) is 28.9 Å². The Morgan fingerprint density at radius 1 is 1.37 bits per heavy atom. The van der Waals surface area contributed by atoms with Crippen molar-refractivity contribution in [2.24, 2.45) is 0 Å². The maximum atomic E-state index is 12.5. The second-order valence-corrected chi connectivity index (χ2v) is 6.00. The van der Waals surface area contributed by atoms with E-state index < -0.39 is 0 Å². The third-order valence-corrected chi connectivity index (χ3v) is 4.78. The van der Waals surface area contributed by atoms with Gasteiger partial charge in [0, 0.05) is 24.7 Å². The van der Waals surface area contributed by atoms with Gasteiger partial charge in [-0.15, -0.1) is 11.3 Å². The third kappa shape index (κ3) is 2.08. The molecule has 4 nitrogen and oxygen atoms in total. The van der Waals surface area contributed by atoms with Crippen LogP contribution < -0.4 is 5.73 Å². The molecule has 2 aromatic rings. The Morgan fingerprint density at radius 2 is 2.11 bits per heavy atom. The molecule has 1 aliphatic rings. The van der Waals surface area contributed by atoms with E-state index in [2.05, 4.69) is 4.98 Å². The first-order chi connectivity index (χ1) is 9.18. The summed E-state index contributed by atoms with van der Waals surface area (Å²) in [7, 11) is 0. The van der Waals surface area contributed by atoms with Gasteiger partial charge in [-0.1, -0.05) is 0 Å². The molecule has 0 aromatic carbocycles. The van der Waals surface area contributed by atoms with Crippen molar-refractivity contribution in [3.63, 3.8) is 0 Å². The van der Waals surface area contributed by atoms with Gasteiger partial charge in [0.15, 0.2) is 0 Å². The molecule has 1 aliphatic heterocycles. The van der Waals surface area contributed by atoms with E-state index in [0.29, 0.717) is 10.6 Å². The average molecular weight is 275 g/mol. The van der Waals surface area contributed by atoms with Crippen LogP contribution in [0.25, 0.3) is 10.2 Å². The normalized spacial score (nSPS) is 15.9. The lowest BCUT2D eigenvalue weighted by Crippen LogP contribution is -2.35. The number of carbonyl (C=O) groups excluding carboxylic acids is 1. The van der Waals surface area contributed by atoms with Crippen molar-refractivity contribution in [3.05, 3.63) is 22.7 Å². The van der Waals surface area contributed by atoms with Gasteiger partial charge in [0.1, 0.15) is 9.71 Å². The van der Waals surface area contributed by atoms with Gasteiger partial charge in [-0.3, -0.25) is 4.79 Å². The van der Waals surface area contributed by atoms with Gasteiger partial charge in [0.2, 0.25) is 0 Å². The number of hydrogen-bond donors (Lipinski definition) is 1. The molecule has 1 amide bonds. The van der Waals surface area contributed by atoms with Gasteiger partial charge >= 0.3 is 0 Å². The molecule has 0 spiro atoms. The maximum Gasteiger partial charge on any atom is 0.266 e. The van der Waals surface area contributed by atoms with Gasteiger partial charge < -0.3 is 10.6 Å². The van der Waals surface area contributed by atoms with Gasteiger partial charge in [-0.05, 0) is 37.8 Å². The molecular formula is C14H17N3OS. The molecule has 2 aromatic heterocycles. The van der Waals surface area contributed by atoms with Crippen molar-refractivity contribution in [1.29, 1.82) is 0 Å². The Morgan fingerprint density at radius 3 is 2.79 bits per heavy atom. The van der Waals surface area contributed by atoms with Crippen LogP contribution in [0.15, 0.2) is 12.3 Å². The van der Waals surface area contributed by atoms with E-state index in [9.17, 15) is 4.79 Å². The van der Waals surface area contributed by atoms with Crippen LogP contribution in [0.5, 0.6) is 0 Å². The number of rotatable bonds is 1. The summed E-state index contributed by atoms with van der Waals surface area (Å²) in [5.74, 6) is 0.0691. The summed E-state index contributed by atoms with van der Waals surface area (Å²) in [6.07, 6.45) is 5.16. The number of likely N-dealkylation sites (tertiary alicyclic amines) is 1. The first kappa shape index (κ1) is 12.4. The predicted molar refractivity (Wildman–Crippen MR) is 78.5 cm³/mol. The van der Waals surface area contributed by atoms with Gasteiger partial charge in [-0.25, -0.2) is 4.98 Å². The van der Waals surface area contributed by atoms with E-state index in [1.807, 2.05) is 17.9 Å². The molecule has 0 unspecified atom stereocenters. The number of aromatic nitrogens is 1. The minimum atomic E-state index is 0.0691. The van der Waals surface area contributed by atoms with Gasteiger partial charge in [0.05, 0.1) is 5.69 Å². The first-order valence-corrected chi connectivity index (χ1v) is 7.43. The molecule has 0 bridgehead atoms. The lowest BCUT2D eigenvalue weighted by molar-refractivity contribution is 0.0730. The highest BCUT2D eigenvalue weighted by atomic mass is 32.1. The Bertz CT molecular complexity index is 629. The number of hydrogen-bond acceptors (Lipinski definition) is 4. The summed E-state index contributed by atoms with van der Waals surface area (Å²) in [4.78, 5) is 20.3. The number of nitrogens with two attached hydrogens (primary N) is 1. The standard InChI is InChI=1S/C14H17N3OS/c1-9-5-6-16-13-10(9)11(15)12(19-13)14(18)17-7-3-2-4-8-17/h5-6H,2-4,7-8,15H2,1H3. The van der Waals surface area contributed by atoms with E-state index in [4.69, 9.17) is 5.73 Å². The van der Waals surface area contributed by atoms with Crippen LogP contribution >= 0.6 is 11.3 Å². The lowest BCUT2D eigenvalue weighted by Gasteiger charge is -2.26. The summed E-state index contributed by atoms with van der Waals surface area (Å²) in [6.45, 7) is 3.69. The van der Waals surface area contributed by atoms with Crippen molar-refractivity contribution >= 4 is 33.1 Å². The lowest BCUT2D eigenvalue weighted by atomic mass is 10.1. The summed E-state index contributed by atoms with van der Waals surface area (Å²) in [5.41, 5.74) is 7.85. The Labute approximate surface area is 116 Å². The number of amides is 1. The van der Waals surface area contributed by atoms with Crippen LogP contribution in [0.4, 0.5) is 5.69 Å². The van der Waals surface area contributed by atoms with Gasteiger partial charge in [-0.2, -0.15) is 0 Å². The van der Waals surface area contributed by atoms with Crippen LogP contribution in [-0.2, 0) is 0 Å². The SMILES string of the molecule is Cc1ccnc2sc(C(=O)N3CCCCC3)c(N)c12. The van der Waals surface area contributed by atoms with Crippen molar-refractivity contribution in [1.82, 2.24) is 9.88 Å². The number of nitrogen functional groups attached to an aromatic ring is 1. The van der Waals surface area contributed by atoms with Crippen LogP contribution in [0.2, 0.25) is 0 Å². The average Bonchev–Trinajstić information content (AvgIpc) is 2.78. The zero-order valence-corrected chi connectivity index (χ0v) is 11.8. The number of anilines is 1. The van der Waals surface area contributed by atoms with Crippen LogP contribution in [0, 0.1) is 6.92 Å². The van der Waals surface area contributed by atoms with E-state index in [0.717, 1.165) is 41.7 Å². The molecule has 0 saturated carbocycles. The van der Waals surface area contributed by atoms with E-state index in [-0.39, 0.29) is 5.91 Å². The zero-order chi connectivity index (χ0) is 13.4. The Balaban J connectivity index is 2.03. The maximum absolute atomic E-state index is 12.5. The van der Waals surface area contributed by atoms with E-state index >= 15 is 0 Å². The number of pyridine rings is 1. The smallest absolute Gasteiger partial charge is 0.266 e. The number of nitrogens with zero attached hydrogens (tertiary/aromatic N) is 2. The molecule has 0 radical (unpaired) electrons. The molecule has 3 rings (SSSR count). The molecule has 1 saturated heterocycles. The van der Waals surface area contributed by atoms with Crippen LogP contribution in [0.3, 0.4) is 0 Å². The zero-order valence-electron chi connectivity index (χ0n) is 11.0. The minimum absolute atomic E-state index is 0.0691. The minimum Gasteiger partial charge on any atom is -0.397 e. The fraction of sp³-hybridized carbons (Fsp3) is 0.429. The summed E-state index contributed by atoms with van der Waals surface area (Å²) in [5, 5.41) is 0.938. The molecule has 1 fully saturated rings. The Kier molecular flexibility index (Phi) is 3.14. The molecule has 3 heterocycles. The largest absolute Gasteiger partial charge is 0.397 e. The summed E-state index contributed by atoms with van der Waals surface area (Å²) < 4.78 is 0. The second kappa shape index (κ2) is 4.81. The number of fused-ring (bicyclic) bond motifs is 1. The summed E-state index contributed by atoms with van der Waals surface area (Å²) in [6, 6.07) is 1.93. The molecule has 0 aliphatic carbocycles. The highest BCUT2D eigenvalue weighted by Crippen LogP contribution is 2.35. The van der Waals surface area contributed by atoms with Gasteiger partial charge in [0.25, 0.3) is 5.91 Å². The van der Waals surface area contributed by atoms with Crippen LogP contribution in [0.1, 0.15) is 34.5 Å². The number of thiophene rings is 1. The van der Waals surface area contributed by atoms with E-state index in [1.165, 1.54) is 17.8 Å².